The van der Waals surface area contributed by atoms with Crippen molar-refractivity contribution in [2.75, 3.05) is 13.2 Å². The molecule has 0 atom stereocenters. The van der Waals surface area contributed by atoms with Crippen LogP contribution in [0.3, 0.4) is 0 Å². The number of hydrogen-bond donors (Lipinski definition) is 3. The fraction of sp³-hybridized carbons (Fsp3) is 0.308. The van der Waals surface area contributed by atoms with Crippen LogP contribution in [-0.4, -0.2) is 49.5 Å². The van der Waals surface area contributed by atoms with Gasteiger partial charge in [0.2, 0.25) is 0 Å². The van der Waals surface area contributed by atoms with E-state index in [0.29, 0.717) is 60.8 Å². The Morgan fingerprint density at radius 2 is 1.78 bits per heavy atom. The zero-order valence-electron chi connectivity index (χ0n) is 28.2. The molecule has 0 bridgehead atoms. The number of benzene rings is 3. The van der Waals surface area contributed by atoms with E-state index < -0.39 is 5.97 Å². The van der Waals surface area contributed by atoms with Crippen LogP contribution in [0, 0.1) is 26.7 Å². The lowest BCUT2D eigenvalue weighted by Gasteiger charge is -2.12. The van der Waals surface area contributed by atoms with E-state index in [0.717, 1.165) is 62.5 Å². The molecule has 0 saturated heterocycles. The summed E-state index contributed by atoms with van der Waals surface area (Å²) in [6, 6.07) is 17.9. The second-order valence-corrected chi connectivity index (χ2v) is 13.6. The molecule has 10 heteroatoms. The van der Waals surface area contributed by atoms with E-state index in [1.807, 2.05) is 63.4 Å². The molecule has 3 aromatic heterocycles. The van der Waals surface area contributed by atoms with Crippen molar-refractivity contribution in [3.05, 3.63) is 105 Å². The highest BCUT2D eigenvalue weighted by Crippen LogP contribution is 2.37. The molecule has 1 aliphatic rings. The van der Waals surface area contributed by atoms with Crippen LogP contribution in [0.25, 0.3) is 32.9 Å². The number of aromatic carboxylic acids is 1. The molecule has 0 unspecified atom stereocenters. The smallest absolute Gasteiger partial charge is 0.352 e. The number of carboxylic acids is 1. The molecule has 9 nitrogen and oxygen atoms in total. The maximum atomic E-state index is 13.8. The summed E-state index contributed by atoms with van der Waals surface area (Å²) in [5, 5.41) is 20.9. The van der Waals surface area contributed by atoms with E-state index in [1.165, 1.54) is 5.39 Å². The normalized spacial score (nSPS) is 13.0. The predicted octanol–water partition coefficient (Wildman–Crippen LogP) is 8.00. The number of aromatic nitrogens is 4. The molecule has 3 heterocycles. The zero-order chi connectivity index (χ0) is 34.4. The number of hydrogen-bond acceptors (Lipinski definition) is 4. The van der Waals surface area contributed by atoms with Gasteiger partial charge in [0, 0.05) is 52.2 Å². The molecule has 1 fully saturated rings. The molecule has 252 valence electrons. The van der Waals surface area contributed by atoms with E-state index >= 15 is 0 Å². The summed E-state index contributed by atoms with van der Waals surface area (Å²) in [5.74, 6) is -0.0233. The molecular formula is C39H40ClN5O4. The van der Waals surface area contributed by atoms with Gasteiger partial charge < -0.3 is 24.7 Å². The van der Waals surface area contributed by atoms with Crippen molar-refractivity contribution in [1.82, 2.24) is 24.6 Å². The average Bonchev–Trinajstić information content (AvgIpc) is 3.65. The number of ether oxygens (including phenoxy) is 1. The van der Waals surface area contributed by atoms with Crippen molar-refractivity contribution in [3.63, 3.8) is 0 Å². The summed E-state index contributed by atoms with van der Waals surface area (Å²) < 4.78 is 10.0. The quantitative estimate of drug-likeness (QED) is 0.114. The first-order valence-electron chi connectivity index (χ1n) is 16.8. The van der Waals surface area contributed by atoms with Crippen LogP contribution in [0.4, 0.5) is 0 Å². The number of H-pyrrole nitrogens is 1. The van der Waals surface area contributed by atoms with Crippen molar-refractivity contribution in [3.8, 4) is 16.9 Å². The highest BCUT2D eigenvalue weighted by Gasteiger charge is 2.29. The molecule has 6 aromatic rings. The lowest BCUT2D eigenvalue weighted by Crippen LogP contribution is -2.26. The Morgan fingerprint density at radius 3 is 2.51 bits per heavy atom. The van der Waals surface area contributed by atoms with E-state index in [4.69, 9.17) is 21.4 Å². The van der Waals surface area contributed by atoms with Crippen LogP contribution in [0.2, 0.25) is 5.02 Å². The molecule has 0 spiro atoms. The van der Waals surface area contributed by atoms with Gasteiger partial charge in [0.1, 0.15) is 11.4 Å². The van der Waals surface area contributed by atoms with Gasteiger partial charge in [-0.15, -0.1) is 0 Å². The van der Waals surface area contributed by atoms with E-state index in [2.05, 4.69) is 40.1 Å². The number of amides is 1. The molecule has 1 amide bonds. The summed E-state index contributed by atoms with van der Waals surface area (Å²) in [7, 11) is 1.86. The van der Waals surface area contributed by atoms with Gasteiger partial charge in [0.05, 0.1) is 24.4 Å². The van der Waals surface area contributed by atoms with E-state index in [1.54, 1.807) is 4.68 Å². The Bertz CT molecular complexity index is 2220. The van der Waals surface area contributed by atoms with Gasteiger partial charge in [0.25, 0.3) is 5.91 Å². The standard InChI is InChI=1S/C39H40ClN5O4/c1-22-17-26(18-23(2)34(22)40)49-16-8-12-29-28-10-7-11-30(35(28)42-36(29)39(47)48)33-32(21-45-20-24(3)27-9-5-6-13-31(27)45)44(4)43-37(33)38(46)41-19-25-14-15-25/h5-7,9-11,13,17-18,20,25,42H,8,12,14-16,19,21H2,1-4H3,(H,41,46)(H,47,48). The lowest BCUT2D eigenvalue weighted by molar-refractivity contribution is 0.0690. The number of carbonyl (C=O) groups excluding carboxylic acids is 1. The molecule has 7 rings (SSSR count). The van der Waals surface area contributed by atoms with Gasteiger partial charge in [-0.05, 0) is 92.8 Å². The number of carbonyl (C=O) groups is 2. The highest BCUT2D eigenvalue weighted by molar-refractivity contribution is 6.32. The number of aryl methyl sites for hydroxylation is 5. The summed E-state index contributed by atoms with van der Waals surface area (Å²) in [4.78, 5) is 29.6. The molecule has 49 heavy (non-hydrogen) atoms. The van der Waals surface area contributed by atoms with Gasteiger partial charge in [-0.3, -0.25) is 9.48 Å². The van der Waals surface area contributed by atoms with Gasteiger partial charge in [-0.25, -0.2) is 4.79 Å². The Kier molecular flexibility index (Phi) is 8.71. The largest absolute Gasteiger partial charge is 0.494 e. The van der Waals surface area contributed by atoms with Gasteiger partial charge >= 0.3 is 5.97 Å². The summed E-state index contributed by atoms with van der Waals surface area (Å²) in [5.41, 5.74) is 8.26. The Balaban J connectivity index is 1.27. The Labute approximate surface area is 289 Å². The monoisotopic (exact) mass is 677 g/mol. The van der Waals surface area contributed by atoms with Crippen LogP contribution in [0.1, 0.15) is 68.2 Å². The molecular weight excluding hydrogens is 638 g/mol. The molecule has 1 aliphatic carbocycles. The van der Waals surface area contributed by atoms with Crippen molar-refractivity contribution >= 4 is 45.3 Å². The molecule has 0 radical (unpaired) electrons. The minimum atomic E-state index is -1.04. The third-order valence-corrected chi connectivity index (χ3v) is 10.2. The van der Waals surface area contributed by atoms with Gasteiger partial charge in [0.15, 0.2) is 5.69 Å². The van der Waals surface area contributed by atoms with Crippen LogP contribution >= 0.6 is 11.6 Å². The average molecular weight is 678 g/mol. The second-order valence-electron chi connectivity index (χ2n) is 13.2. The number of para-hydroxylation sites is 2. The third-order valence-electron chi connectivity index (χ3n) is 9.61. The zero-order valence-corrected chi connectivity index (χ0v) is 28.9. The fourth-order valence-corrected chi connectivity index (χ4v) is 7.01. The number of halogens is 1. The molecule has 1 saturated carbocycles. The van der Waals surface area contributed by atoms with Crippen molar-refractivity contribution < 1.29 is 19.4 Å². The minimum Gasteiger partial charge on any atom is -0.494 e. The SMILES string of the molecule is Cc1cc(OCCCc2c(C(=O)O)[nH]c3c(-c4c(C(=O)NCC5CC5)nn(C)c4Cn4cc(C)c5ccccc54)cccc23)cc(C)c1Cl. The summed E-state index contributed by atoms with van der Waals surface area (Å²) >= 11 is 6.33. The second kappa shape index (κ2) is 13.1. The summed E-state index contributed by atoms with van der Waals surface area (Å²) in [6.07, 6.45) is 5.45. The van der Waals surface area contributed by atoms with E-state index in [9.17, 15) is 14.7 Å². The Morgan fingerprint density at radius 1 is 1.04 bits per heavy atom. The molecule has 3 aromatic carbocycles. The number of aromatic amines is 1. The van der Waals surface area contributed by atoms with Gasteiger partial charge in [-0.1, -0.05) is 48.0 Å². The number of nitrogens with zero attached hydrogens (tertiary/aromatic N) is 3. The van der Waals surface area contributed by atoms with Gasteiger partial charge in [-0.2, -0.15) is 5.10 Å². The predicted molar refractivity (Wildman–Crippen MR) is 193 cm³/mol. The van der Waals surface area contributed by atoms with Crippen LogP contribution < -0.4 is 10.1 Å². The minimum absolute atomic E-state index is 0.137. The van der Waals surface area contributed by atoms with Crippen molar-refractivity contribution in [1.29, 1.82) is 0 Å². The maximum Gasteiger partial charge on any atom is 0.352 e. The number of rotatable bonds is 12. The maximum absolute atomic E-state index is 13.8. The molecule has 3 N–H and O–H groups in total. The first kappa shape index (κ1) is 32.5. The molecule has 0 aliphatic heterocycles. The first-order chi connectivity index (χ1) is 23.6. The van der Waals surface area contributed by atoms with E-state index in [-0.39, 0.29) is 11.6 Å². The summed E-state index contributed by atoms with van der Waals surface area (Å²) in [6.45, 7) is 7.48. The third kappa shape index (κ3) is 6.31. The van der Waals surface area contributed by atoms with Crippen LogP contribution in [0.15, 0.2) is 60.8 Å². The first-order valence-corrected chi connectivity index (χ1v) is 17.1. The van der Waals surface area contributed by atoms with Crippen molar-refractivity contribution in [2.45, 2.75) is 53.0 Å². The topological polar surface area (TPSA) is 114 Å². The fourth-order valence-electron chi connectivity index (χ4n) is 6.90. The van der Waals surface area contributed by atoms with Crippen LogP contribution in [0.5, 0.6) is 5.75 Å². The number of nitrogens with one attached hydrogen (secondary N) is 2. The van der Waals surface area contributed by atoms with Crippen molar-refractivity contribution in [2.24, 2.45) is 13.0 Å². The number of carboxylic acid groups (broad SMARTS) is 1. The lowest BCUT2D eigenvalue weighted by atomic mass is 9.97. The highest BCUT2D eigenvalue weighted by atomic mass is 35.5. The number of fused-ring (bicyclic) bond motifs is 2. The Hall–Kier alpha value is -5.02. The van der Waals surface area contributed by atoms with Crippen LogP contribution in [-0.2, 0) is 20.0 Å².